The molecule has 0 unspecified atom stereocenters. The van der Waals surface area contributed by atoms with Gasteiger partial charge in [-0.25, -0.2) is 4.79 Å². The number of rotatable bonds is 2. The Hall–Kier alpha value is -2.44. The van der Waals surface area contributed by atoms with Crippen molar-refractivity contribution < 1.29 is 9.53 Å². The number of hydrogen-bond donors (Lipinski definition) is 1. The van der Waals surface area contributed by atoms with Crippen LogP contribution in [0.3, 0.4) is 0 Å². The van der Waals surface area contributed by atoms with E-state index in [2.05, 4.69) is 20.8 Å². The highest BCUT2D eigenvalue weighted by Crippen LogP contribution is 2.07. The second-order valence-corrected chi connectivity index (χ2v) is 2.97. The molecule has 1 N–H and O–H groups in total. The van der Waals surface area contributed by atoms with Gasteiger partial charge >= 0.3 is 12.1 Å². The van der Waals surface area contributed by atoms with Crippen molar-refractivity contribution in [2.75, 3.05) is 5.32 Å². The monoisotopic (exact) mass is 219 g/mol. The van der Waals surface area contributed by atoms with Crippen molar-refractivity contribution in [2.45, 2.75) is 0 Å². The van der Waals surface area contributed by atoms with Gasteiger partial charge in [-0.2, -0.15) is 4.68 Å². The number of hydrogen-bond acceptors (Lipinski definition) is 5. The van der Waals surface area contributed by atoms with Crippen molar-refractivity contribution >= 4 is 11.8 Å². The van der Waals surface area contributed by atoms with Crippen LogP contribution in [0.1, 0.15) is 0 Å². The number of carbonyl (C=O) groups excluding carboxylic acids is 1. The molecular formula is C9H9N5O2. The largest absolute Gasteiger partial charge is 0.419 e. The highest BCUT2D eigenvalue weighted by Gasteiger charge is 2.09. The number of aryl methyl sites for hydroxylation is 1. The molecule has 1 aromatic carbocycles. The molecule has 0 atom stereocenters. The summed E-state index contributed by atoms with van der Waals surface area (Å²) in [4.78, 5) is 11.4. The van der Waals surface area contributed by atoms with E-state index < -0.39 is 6.09 Å². The van der Waals surface area contributed by atoms with Crippen LogP contribution < -0.4 is 10.1 Å². The SMILES string of the molecule is Cn1nnnc1OC(=O)Nc1ccccc1. The molecule has 7 heteroatoms. The van der Waals surface area contributed by atoms with Gasteiger partial charge in [0.05, 0.1) is 0 Å². The van der Waals surface area contributed by atoms with Crippen LogP contribution in [0.4, 0.5) is 10.5 Å². The molecule has 0 saturated heterocycles. The Kier molecular flexibility index (Phi) is 2.77. The zero-order chi connectivity index (χ0) is 11.4. The zero-order valence-electron chi connectivity index (χ0n) is 8.49. The number of anilines is 1. The quantitative estimate of drug-likeness (QED) is 0.808. The lowest BCUT2D eigenvalue weighted by molar-refractivity contribution is 0.209. The molecule has 0 aliphatic heterocycles. The molecule has 16 heavy (non-hydrogen) atoms. The molecule has 1 heterocycles. The lowest BCUT2D eigenvalue weighted by Gasteiger charge is -2.03. The number of para-hydroxylation sites is 1. The van der Waals surface area contributed by atoms with Crippen molar-refractivity contribution in [3.8, 4) is 6.01 Å². The first kappa shape index (κ1) is 10.1. The number of tetrazole rings is 1. The van der Waals surface area contributed by atoms with Crippen LogP contribution in [-0.4, -0.2) is 26.3 Å². The molecule has 0 aliphatic carbocycles. The maximum absolute atomic E-state index is 11.4. The molecule has 1 aromatic heterocycles. The Balaban J connectivity index is 1.98. The number of benzene rings is 1. The summed E-state index contributed by atoms with van der Waals surface area (Å²) in [5.74, 6) is 0. The lowest BCUT2D eigenvalue weighted by Crippen LogP contribution is -2.18. The standard InChI is InChI=1S/C9H9N5O2/c1-14-8(11-12-13-14)16-9(15)10-7-5-3-2-4-6-7/h2-6H,1H3,(H,10,15). The first-order valence-corrected chi connectivity index (χ1v) is 4.52. The number of aromatic nitrogens is 4. The average Bonchev–Trinajstić information content (AvgIpc) is 2.66. The molecule has 82 valence electrons. The fourth-order valence-corrected chi connectivity index (χ4v) is 1.06. The molecule has 2 rings (SSSR count). The smallest absolute Gasteiger partial charge is 0.373 e. The topological polar surface area (TPSA) is 81.9 Å². The van der Waals surface area contributed by atoms with Crippen molar-refractivity contribution in [3.05, 3.63) is 30.3 Å². The Morgan fingerprint density at radius 2 is 2.12 bits per heavy atom. The van der Waals surface area contributed by atoms with E-state index in [1.54, 1.807) is 31.3 Å². The highest BCUT2D eigenvalue weighted by molar-refractivity contribution is 5.85. The molecule has 0 fully saturated rings. The number of amides is 1. The van der Waals surface area contributed by atoms with Gasteiger partial charge < -0.3 is 4.74 Å². The molecule has 1 amide bonds. The minimum Gasteiger partial charge on any atom is -0.373 e. The number of nitrogens with one attached hydrogen (secondary N) is 1. The summed E-state index contributed by atoms with van der Waals surface area (Å²) in [6, 6.07) is 8.99. The Bertz CT molecular complexity index is 482. The second kappa shape index (κ2) is 4.39. The molecule has 2 aromatic rings. The summed E-state index contributed by atoms with van der Waals surface area (Å²) in [7, 11) is 1.57. The van der Waals surface area contributed by atoms with Crippen LogP contribution in [0.2, 0.25) is 0 Å². The second-order valence-electron chi connectivity index (χ2n) is 2.97. The lowest BCUT2D eigenvalue weighted by atomic mass is 10.3. The van der Waals surface area contributed by atoms with E-state index in [4.69, 9.17) is 4.74 Å². The zero-order valence-corrected chi connectivity index (χ0v) is 8.49. The minimum atomic E-state index is -0.635. The van der Waals surface area contributed by atoms with E-state index in [0.717, 1.165) is 0 Å². The maximum Gasteiger partial charge on any atom is 0.419 e. The summed E-state index contributed by atoms with van der Waals surface area (Å²) in [6.45, 7) is 0. The van der Waals surface area contributed by atoms with Crippen LogP contribution in [0, 0.1) is 0 Å². The molecule has 0 aliphatic rings. The summed E-state index contributed by atoms with van der Waals surface area (Å²) in [5, 5.41) is 12.9. The fraction of sp³-hybridized carbons (Fsp3) is 0.111. The predicted molar refractivity (Wildman–Crippen MR) is 54.9 cm³/mol. The van der Waals surface area contributed by atoms with Gasteiger partial charge in [-0.3, -0.25) is 5.32 Å². The van der Waals surface area contributed by atoms with E-state index in [0.29, 0.717) is 5.69 Å². The summed E-state index contributed by atoms with van der Waals surface area (Å²) < 4.78 is 6.12. The van der Waals surface area contributed by atoms with Crippen molar-refractivity contribution in [1.82, 2.24) is 20.2 Å². The van der Waals surface area contributed by atoms with E-state index in [9.17, 15) is 4.79 Å². The minimum absolute atomic E-state index is 0.0356. The van der Waals surface area contributed by atoms with Gasteiger partial charge in [0.2, 0.25) is 0 Å². The normalized spacial score (nSPS) is 9.81. The summed E-state index contributed by atoms with van der Waals surface area (Å²) in [5.41, 5.74) is 0.641. The van der Waals surface area contributed by atoms with E-state index in [1.165, 1.54) is 4.68 Å². The van der Waals surface area contributed by atoms with E-state index in [-0.39, 0.29) is 6.01 Å². The van der Waals surface area contributed by atoms with Gasteiger partial charge in [0, 0.05) is 12.7 Å². The summed E-state index contributed by atoms with van der Waals surface area (Å²) >= 11 is 0. The van der Waals surface area contributed by atoms with Crippen molar-refractivity contribution in [1.29, 1.82) is 0 Å². The fourth-order valence-electron chi connectivity index (χ4n) is 1.06. The number of nitrogens with zero attached hydrogens (tertiary/aromatic N) is 4. The van der Waals surface area contributed by atoms with Gasteiger partial charge in [-0.15, -0.1) is 0 Å². The summed E-state index contributed by atoms with van der Waals surface area (Å²) in [6.07, 6.45) is -0.635. The maximum atomic E-state index is 11.4. The molecule has 0 spiro atoms. The van der Waals surface area contributed by atoms with Crippen LogP contribution in [-0.2, 0) is 7.05 Å². The Labute approximate surface area is 91.0 Å². The van der Waals surface area contributed by atoms with Crippen molar-refractivity contribution in [2.24, 2.45) is 7.05 Å². The third kappa shape index (κ3) is 2.32. The van der Waals surface area contributed by atoms with Gasteiger partial charge in [0.15, 0.2) is 0 Å². The highest BCUT2D eigenvalue weighted by atomic mass is 16.6. The van der Waals surface area contributed by atoms with Crippen LogP contribution in [0.25, 0.3) is 0 Å². The molecular weight excluding hydrogens is 210 g/mol. The number of carbonyl (C=O) groups is 1. The van der Waals surface area contributed by atoms with Crippen molar-refractivity contribution in [3.63, 3.8) is 0 Å². The molecule has 0 bridgehead atoms. The van der Waals surface area contributed by atoms with Gasteiger partial charge in [-0.05, 0) is 22.6 Å². The third-order valence-corrected chi connectivity index (χ3v) is 1.79. The average molecular weight is 219 g/mol. The Morgan fingerprint density at radius 3 is 2.75 bits per heavy atom. The first-order valence-electron chi connectivity index (χ1n) is 4.52. The molecule has 0 saturated carbocycles. The Morgan fingerprint density at radius 1 is 1.38 bits per heavy atom. The van der Waals surface area contributed by atoms with Crippen LogP contribution >= 0.6 is 0 Å². The van der Waals surface area contributed by atoms with Crippen LogP contribution in [0.15, 0.2) is 30.3 Å². The molecule has 7 nitrogen and oxygen atoms in total. The number of ether oxygens (including phenoxy) is 1. The first-order chi connectivity index (χ1) is 7.75. The van der Waals surface area contributed by atoms with E-state index in [1.807, 2.05) is 6.07 Å². The van der Waals surface area contributed by atoms with Gasteiger partial charge in [-0.1, -0.05) is 23.3 Å². The van der Waals surface area contributed by atoms with Gasteiger partial charge in [0.25, 0.3) is 0 Å². The third-order valence-electron chi connectivity index (χ3n) is 1.79. The van der Waals surface area contributed by atoms with Crippen LogP contribution in [0.5, 0.6) is 6.01 Å². The van der Waals surface area contributed by atoms with Gasteiger partial charge in [0.1, 0.15) is 0 Å². The van der Waals surface area contributed by atoms with E-state index >= 15 is 0 Å². The predicted octanol–water partition coefficient (Wildman–Crippen LogP) is 0.821. The molecule has 0 radical (unpaired) electrons.